The molecule has 1 aliphatic rings. The number of Topliss-reactive ketones (excluding diaryl/α,β-unsaturated/α-hetero) is 1. The number of nitrogens with zero attached hydrogens (tertiary/aromatic N) is 2. The largest absolute Gasteiger partial charge is 0.497 e. The van der Waals surface area contributed by atoms with E-state index >= 15 is 0 Å². The summed E-state index contributed by atoms with van der Waals surface area (Å²) < 4.78 is 7.17. The Kier molecular flexibility index (Phi) is 5.57. The van der Waals surface area contributed by atoms with Gasteiger partial charge < -0.3 is 14.6 Å². The summed E-state index contributed by atoms with van der Waals surface area (Å²) in [6.07, 6.45) is 0. The predicted octanol–water partition coefficient (Wildman–Crippen LogP) is 4.06. The number of ether oxygens (including phenoxy) is 1. The standard InChI is InChI=1S/C26H27N3O4/c1-16-6-10-20(11-7-16)29-17(2)14-22(18(29)3)23(30)15-28-24(31)26(4,27-25(28)32)19-8-12-21(33-5)13-9-19/h6-14H,15H2,1-5H3,(H,27,32). The van der Waals surface area contributed by atoms with Crippen LogP contribution in [0.25, 0.3) is 5.69 Å². The number of hydrogen-bond acceptors (Lipinski definition) is 4. The molecule has 7 nitrogen and oxygen atoms in total. The number of methoxy groups -OCH3 is 1. The highest BCUT2D eigenvalue weighted by Gasteiger charge is 2.49. The molecular weight excluding hydrogens is 418 g/mol. The first-order valence-corrected chi connectivity index (χ1v) is 10.7. The van der Waals surface area contributed by atoms with Crippen molar-refractivity contribution in [2.75, 3.05) is 13.7 Å². The Morgan fingerprint density at radius 2 is 1.64 bits per heavy atom. The number of nitrogens with one attached hydrogen (secondary N) is 1. The van der Waals surface area contributed by atoms with E-state index in [0.717, 1.165) is 27.5 Å². The molecule has 1 aliphatic heterocycles. The van der Waals surface area contributed by atoms with Crippen molar-refractivity contribution in [2.45, 2.75) is 33.2 Å². The van der Waals surface area contributed by atoms with Crippen molar-refractivity contribution in [1.82, 2.24) is 14.8 Å². The number of aryl methyl sites for hydroxylation is 2. The van der Waals surface area contributed by atoms with Gasteiger partial charge in [0.05, 0.1) is 13.7 Å². The highest BCUT2D eigenvalue weighted by atomic mass is 16.5. The van der Waals surface area contributed by atoms with Gasteiger partial charge in [0, 0.05) is 22.6 Å². The number of imide groups is 1. The van der Waals surface area contributed by atoms with Gasteiger partial charge in [-0.2, -0.15) is 0 Å². The molecule has 3 amide bonds. The fraction of sp³-hybridized carbons (Fsp3) is 0.269. The van der Waals surface area contributed by atoms with Crippen LogP contribution >= 0.6 is 0 Å². The molecule has 170 valence electrons. The number of hydrogen-bond donors (Lipinski definition) is 1. The molecule has 1 unspecified atom stereocenters. The van der Waals surface area contributed by atoms with Gasteiger partial charge in [0.1, 0.15) is 11.3 Å². The van der Waals surface area contributed by atoms with Crippen LogP contribution < -0.4 is 10.1 Å². The van der Waals surface area contributed by atoms with E-state index in [-0.39, 0.29) is 12.3 Å². The van der Waals surface area contributed by atoms with Crippen molar-refractivity contribution in [3.05, 3.63) is 82.7 Å². The summed E-state index contributed by atoms with van der Waals surface area (Å²) in [6, 6.07) is 16.2. The fourth-order valence-corrected chi connectivity index (χ4v) is 4.33. The molecule has 1 atom stereocenters. The number of ketones is 1. The van der Waals surface area contributed by atoms with E-state index in [9.17, 15) is 14.4 Å². The van der Waals surface area contributed by atoms with Crippen LogP contribution in [0, 0.1) is 20.8 Å². The maximum absolute atomic E-state index is 13.2. The quantitative estimate of drug-likeness (QED) is 0.458. The number of aromatic nitrogens is 1. The summed E-state index contributed by atoms with van der Waals surface area (Å²) >= 11 is 0. The van der Waals surface area contributed by atoms with Gasteiger partial charge in [-0.3, -0.25) is 14.5 Å². The van der Waals surface area contributed by atoms with Crippen molar-refractivity contribution in [3.8, 4) is 11.4 Å². The van der Waals surface area contributed by atoms with Crippen molar-refractivity contribution < 1.29 is 19.1 Å². The molecule has 33 heavy (non-hydrogen) atoms. The zero-order chi connectivity index (χ0) is 23.9. The minimum Gasteiger partial charge on any atom is -0.497 e. The van der Waals surface area contributed by atoms with Crippen molar-refractivity contribution in [3.63, 3.8) is 0 Å². The topological polar surface area (TPSA) is 80.6 Å². The molecule has 0 radical (unpaired) electrons. The maximum Gasteiger partial charge on any atom is 0.325 e. The average Bonchev–Trinajstić information content (AvgIpc) is 3.22. The second-order valence-electron chi connectivity index (χ2n) is 8.55. The molecule has 0 aliphatic carbocycles. The number of carbonyl (C=O) groups excluding carboxylic acids is 3. The van der Waals surface area contributed by atoms with Crippen LogP contribution in [0.15, 0.2) is 54.6 Å². The molecule has 1 fully saturated rings. The number of benzene rings is 2. The summed E-state index contributed by atoms with van der Waals surface area (Å²) in [5, 5.41) is 2.74. The molecule has 7 heteroatoms. The Bertz CT molecular complexity index is 1240. The summed E-state index contributed by atoms with van der Waals surface area (Å²) in [4.78, 5) is 40.1. The third kappa shape index (κ3) is 3.80. The van der Waals surface area contributed by atoms with Gasteiger partial charge >= 0.3 is 6.03 Å². The van der Waals surface area contributed by atoms with Crippen LogP contribution in [-0.4, -0.2) is 40.8 Å². The van der Waals surface area contributed by atoms with Gasteiger partial charge in [-0.15, -0.1) is 0 Å². The lowest BCUT2D eigenvalue weighted by molar-refractivity contribution is -0.130. The Balaban J connectivity index is 1.59. The molecule has 3 aromatic rings. The molecule has 4 rings (SSSR count). The number of urea groups is 1. The minimum atomic E-state index is -1.25. The molecule has 2 aromatic carbocycles. The molecule has 2 heterocycles. The van der Waals surface area contributed by atoms with E-state index in [1.54, 1.807) is 44.4 Å². The van der Waals surface area contributed by atoms with Crippen molar-refractivity contribution in [2.24, 2.45) is 0 Å². The van der Waals surface area contributed by atoms with E-state index in [4.69, 9.17) is 4.74 Å². The van der Waals surface area contributed by atoms with E-state index < -0.39 is 17.5 Å². The monoisotopic (exact) mass is 445 g/mol. The highest BCUT2D eigenvalue weighted by molar-refractivity contribution is 6.11. The van der Waals surface area contributed by atoms with Crippen LogP contribution in [0.5, 0.6) is 5.75 Å². The Morgan fingerprint density at radius 1 is 1.00 bits per heavy atom. The first-order chi connectivity index (χ1) is 15.7. The summed E-state index contributed by atoms with van der Waals surface area (Å²) in [5.74, 6) is -0.0996. The third-order valence-electron chi connectivity index (χ3n) is 6.27. The minimum absolute atomic E-state index is 0.288. The van der Waals surface area contributed by atoms with Crippen LogP contribution in [0.3, 0.4) is 0 Å². The normalized spacial score (nSPS) is 17.9. The van der Waals surface area contributed by atoms with Gasteiger partial charge in [0.25, 0.3) is 5.91 Å². The van der Waals surface area contributed by atoms with Gasteiger partial charge in [0.2, 0.25) is 0 Å². The van der Waals surface area contributed by atoms with Gasteiger partial charge in [-0.05, 0) is 63.6 Å². The van der Waals surface area contributed by atoms with Crippen LogP contribution in [0.4, 0.5) is 4.79 Å². The van der Waals surface area contributed by atoms with E-state index in [2.05, 4.69) is 5.32 Å². The van der Waals surface area contributed by atoms with E-state index in [1.165, 1.54) is 0 Å². The lowest BCUT2D eigenvalue weighted by Gasteiger charge is -2.22. The Morgan fingerprint density at radius 3 is 2.24 bits per heavy atom. The Labute approximate surface area is 193 Å². The first-order valence-electron chi connectivity index (χ1n) is 10.7. The lowest BCUT2D eigenvalue weighted by atomic mass is 9.92. The second kappa shape index (κ2) is 8.24. The molecule has 1 N–H and O–H groups in total. The molecule has 0 spiro atoms. The number of carbonyl (C=O) groups is 3. The van der Waals surface area contributed by atoms with Gasteiger partial charge in [-0.1, -0.05) is 29.8 Å². The SMILES string of the molecule is COc1ccc(C2(C)NC(=O)N(CC(=O)c3cc(C)n(-c4ccc(C)cc4)c3C)C2=O)cc1. The first kappa shape index (κ1) is 22.3. The summed E-state index contributed by atoms with van der Waals surface area (Å²) in [7, 11) is 1.56. The van der Waals surface area contributed by atoms with E-state index in [1.807, 2.05) is 49.6 Å². The smallest absolute Gasteiger partial charge is 0.325 e. The molecule has 1 saturated heterocycles. The molecule has 0 bridgehead atoms. The zero-order valence-electron chi connectivity index (χ0n) is 19.4. The van der Waals surface area contributed by atoms with Crippen molar-refractivity contribution in [1.29, 1.82) is 0 Å². The molecule has 0 saturated carbocycles. The molecular formula is C26H27N3O4. The maximum atomic E-state index is 13.2. The highest BCUT2D eigenvalue weighted by Crippen LogP contribution is 2.30. The third-order valence-corrected chi connectivity index (χ3v) is 6.27. The number of rotatable bonds is 6. The van der Waals surface area contributed by atoms with E-state index in [0.29, 0.717) is 16.9 Å². The number of amides is 3. The lowest BCUT2D eigenvalue weighted by Crippen LogP contribution is -2.41. The Hall–Kier alpha value is -3.87. The second-order valence-corrected chi connectivity index (χ2v) is 8.55. The van der Waals surface area contributed by atoms with Crippen LogP contribution in [0.2, 0.25) is 0 Å². The van der Waals surface area contributed by atoms with Gasteiger partial charge in [0.15, 0.2) is 5.78 Å². The predicted molar refractivity (Wildman–Crippen MR) is 125 cm³/mol. The van der Waals surface area contributed by atoms with Crippen molar-refractivity contribution >= 4 is 17.7 Å². The fourth-order valence-electron chi connectivity index (χ4n) is 4.33. The van der Waals surface area contributed by atoms with Gasteiger partial charge in [-0.25, -0.2) is 4.79 Å². The average molecular weight is 446 g/mol. The van der Waals surface area contributed by atoms with Crippen LogP contribution in [-0.2, 0) is 10.3 Å². The van der Waals surface area contributed by atoms with Crippen LogP contribution in [0.1, 0.15) is 39.8 Å². The molecule has 1 aromatic heterocycles. The summed E-state index contributed by atoms with van der Waals surface area (Å²) in [6.45, 7) is 7.13. The zero-order valence-corrected chi connectivity index (χ0v) is 19.4. The summed E-state index contributed by atoms with van der Waals surface area (Å²) in [5.41, 5.74) is 3.64.